The van der Waals surface area contributed by atoms with E-state index in [2.05, 4.69) is 5.32 Å². The maximum absolute atomic E-state index is 14.2. The maximum atomic E-state index is 14.2. The first-order valence-electron chi connectivity index (χ1n) is 14.1. The average Bonchev–Trinajstić information content (AvgIpc) is 2.97. The fourth-order valence-electron chi connectivity index (χ4n) is 4.62. The predicted molar refractivity (Wildman–Crippen MR) is 166 cm³/mol. The van der Waals surface area contributed by atoms with Gasteiger partial charge in [0.15, 0.2) is 0 Å². The van der Waals surface area contributed by atoms with E-state index in [1.54, 1.807) is 60.7 Å². The number of halogens is 1. The van der Waals surface area contributed by atoms with Crippen molar-refractivity contribution in [1.29, 1.82) is 0 Å². The van der Waals surface area contributed by atoms with Gasteiger partial charge in [-0.15, -0.1) is 0 Å². The van der Waals surface area contributed by atoms with Gasteiger partial charge in [0.2, 0.25) is 11.8 Å². The second-order valence-corrected chi connectivity index (χ2v) is 12.3. The third-order valence-electron chi connectivity index (χ3n) is 7.01. The zero-order chi connectivity index (χ0) is 30.0. The number of rotatable bonds is 14. The molecule has 7 nitrogen and oxygen atoms in total. The van der Waals surface area contributed by atoms with Gasteiger partial charge < -0.3 is 10.2 Å². The van der Waals surface area contributed by atoms with Crippen molar-refractivity contribution in [2.75, 3.05) is 17.4 Å². The number of para-hydroxylation sites is 1. The van der Waals surface area contributed by atoms with Gasteiger partial charge in [-0.3, -0.25) is 13.9 Å². The normalized spacial score (nSPS) is 12.0. The minimum absolute atomic E-state index is 0.0930. The molecule has 2 amide bonds. The number of hydrogen-bond acceptors (Lipinski definition) is 4. The van der Waals surface area contributed by atoms with Gasteiger partial charge in [-0.25, -0.2) is 8.42 Å². The van der Waals surface area contributed by atoms with Crippen LogP contribution in [0, 0.1) is 6.92 Å². The van der Waals surface area contributed by atoms with Crippen molar-refractivity contribution in [3.05, 3.63) is 94.5 Å². The number of carbonyl (C=O) groups is 2. The van der Waals surface area contributed by atoms with Gasteiger partial charge in [-0.2, -0.15) is 0 Å². The number of benzene rings is 3. The molecule has 3 rings (SSSR count). The summed E-state index contributed by atoms with van der Waals surface area (Å²) in [5.41, 5.74) is 2.94. The monoisotopic (exact) mass is 597 g/mol. The first-order valence-corrected chi connectivity index (χ1v) is 15.9. The lowest BCUT2D eigenvalue weighted by Gasteiger charge is -2.33. The lowest BCUT2D eigenvalue weighted by Crippen LogP contribution is -2.52. The fraction of sp³-hybridized carbons (Fsp3) is 0.375. The summed E-state index contributed by atoms with van der Waals surface area (Å²) in [6.45, 7) is 7.89. The number of nitrogens with zero attached hydrogens (tertiary/aromatic N) is 2. The van der Waals surface area contributed by atoms with E-state index in [0.29, 0.717) is 30.1 Å². The van der Waals surface area contributed by atoms with Crippen LogP contribution < -0.4 is 9.62 Å². The molecule has 1 N–H and O–H groups in total. The summed E-state index contributed by atoms with van der Waals surface area (Å²) in [5.74, 6) is -0.732. The Hall–Kier alpha value is -3.36. The zero-order valence-corrected chi connectivity index (χ0v) is 25.8. The van der Waals surface area contributed by atoms with Gasteiger partial charge in [-0.05, 0) is 67.6 Å². The highest BCUT2D eigenvalue weighted by atomic mass is 35.5. The molecule has 0 bridgehead atoms. The number of anilines is 1. The van der Waals surface area contributed by atoms with Crippen LogP contribution in [0.15, 0.2) is 77.7 Å². The molecule has 0 heterocycles. The molecule has 0 aromatic heterocycles. The third-order valence-corrected chi connectivity index (χ3v) is 9.04. The maximum Gasteiger partial charge on any atom is 0.264 e. The number of aryl methyl sites for hydroxylation is 2. The second kappa shape index (κ2) is 15.0. The Morgan fingerprint density at radius 1 is 0.927 bits per heavy atom. The van der Waals surface area contributed by atoms with E-state index in [9.17, 15) is 18.0 Å². The SMILES string of the molecule is CCCCNC(=O)[C@H](CC)N(Cc1ccc(Cl)cc1)C(=O)CN(c1ccccc1CC)S(=O)(=O)c1ccc(C)cc1. The molecule has 0 fully saturated rings. The van der Waals surface area contributed by atoms with Crippen molar-refractivity contribution < 1.29 is 18.0 Å². The molecule has 3 aromatic rings. The number of amides is 2. The Bertz CT molecular complexity index is 1410. The molecule has 0 unspecified atom stereocenters. The molecule has 0 aliphatic carbocycles. The van der Waals surface area contributed by atoms with E-state index < -0.39 is 28.5 Å². The van der Waals surface area contributed by atoms with Gasteiger partial charge >= 0.3 is 0 Å². The molecule has 9 heteroatoms. The van der Waals surface area contributed by atoms with Gasteiger partial charge in [0.25, 0.3) is 10.0 Å². The third kappa shape index (κ3) is 8.33. The van der Waals surface area contributed by atoms with Gasteiger partial charge in [0.05, 0.1) is 10.6 Å². The molecule has 41 heavy (non-hydrogen) atoms. The van der Waals surface area contributed by atoms with Crippen molar-refractivity contribution in [1.82, 2.24) is 10.2 Å². The smallest absolute Gasteiger partial charge is 0.264 e. The van der Waals surface area contributed by atoms with Crippen LogP contribution in [-0.2, 0) is 32.6 Å². The van der Waals surface area contributed by atoms with Crippen LogP contribution in [0.5, 0.6) is 0 Å². The Kier molecular flexibility index (Phi) is 11.8. The Morgan fingerprint density at radius 3 is 2.20 bits per heavy atom. The molecule has 0 aliphatic heterocycles. The van der Waals surface area contributed by atoms with Crippen molar-refractivity contribution >= 4 is 39.1 Å². The highest BCUT2D eigenvalue weighted by Crippen LogP contribution is 2.28. The summed E-state index contributed by atoms with van der Waals surface area (Å²) in [7, 11) is -4.11. The molecule has 0 radical (unpaired) electrons. The van der Waals surface area contributed by atoms with Crippen LogP contribution in [0.3, 0.4) is 0 Å². The van der Waals surface area contributed by atoms with Crippen LogP contribution in [0.2, 0.25) is 5.02 Å². The number of carbonyl (C=O) groups excluding carboxylic acids is 2. The largest absolute Gasteiger partial charge is 0.354 e. The highest BCUT2D eigenvalue weighted by molar-refractivity contribution is 7.92. The van der Waals surface area contributed by atoms with Crippen LogP contribution in [0.1, 0.15) is 56.7 Å². The van der Waals surface area contributed by atoms with E-state index >= 15 is 0 Å². The quantitative estimate of drug-likeness (QED) is 0.227. The van der Waals surface area contributed by atoms with Crippen LogP contribution in [0.25, 0.3) is 0 Å². The predicted octanol–water partition coefficient (Wildman–Crippen LogP) is 6.13. The highest BCUT2D eigenvalue weighted by Gasteiger charge is 2.34. The number of nitrogens with one attached hydrogen (secondary N) is 1. The van der Waals surface area contributed by atoms with Crippen molar-refractivity contribution in [3.8, 4) is 0 Å². The van der Waals surface area contributed by atoms with Crippen molar-refractivity contribution in [3.63, 3.8) is 0 Å². The molecular formula is C32H40ClN3O4S. The lowest BCUT2D eigenvalue weighted by atomic mass is 10.1. The Labute approximate surface area is 249 Å². The molecule has 0 saturated heterocycles. The van der Waals surface area contributed by atoms with E-state index in [1.807, 2.05) is 39.8 Å². The molecule has 0 spiro atoms. The molecule has 1 atom stereocenters. The van der Waals surface area contributed by atoms with Crippen LogP contribution in [-0.4, -0.2) is 44.3 Å². The van der Waals surface area contributed by atoms with Gasteiger partial charge in [0, 0.05) is 18.1 Å². The van der Waals surface area contributed by atoms with Gasteiger partial charge in [0.1, 0.15) is 12.6 Å². The van der Waals surface area contributed by atoms with Crippen LogP contribution in [0.4, 0.5) is 5.69 Å². The second-order valence-electron chi connectivity index (χ2n) is 10.0. The Morgan fingerprint density at radius 2 is 1.59 bits per heavy atom. The Balaban J connectivity index is 2.06. The summed E-state index contributed by atoms with van der Waals surface area (Å²) in [5, 5.41) is 3.50. The summed E-state index contributed by atoms with van der Waals surface area (Å²) in [6.07, 6.45) is 2.70. The number of unbranched alkanes of at least 4 members (excludes halogenated alkanes) is 1. The minimum atomic E-state index is -4.11. The van der Waals surface area contributed by atoms with Gasteiger partial charge in [-0.1, -0.05) is 86.8 Å². The summed E-state index contributed by atoms with van der Waals surface area (Å²) < 4.78 is 29.3. The molecule has 220 valence electrons. The first kappa shape index (κ1) is 32.2. The average molecular weight is 598 g/mol. The van der Waals surface area contributed by atoms with E-state index in [4.69, 9.17) is 11.6 Å². The molecule has 0 saturated carbocycles. The number of hydrogen-bond donors (Lipinski definition) is 1. The van der Waals surface area contributed by atoms with Crippen molar-refractivity contribution in [2.45, 2.75) is 70.9 Å². The summed E-state index contributed by atoms with van der Waals surface area (Å²) >= 11 is 6.09. The van der Waals surface area contributed by atoms with E-state index in [0.717, 1.165) is 29.5 Å². The topological polar surface area (TPSA) is 86.8 Å². The van der Waals surface area contributed by atoms with Crippen molar-refractivity contribution in [2.24, 2.45) is 0 Å². The zero-order valence-electron chi connectivity index (χ0n) is 24.3. The number of sulfonamides is 1. The summed E-state index contributed by atoms with van der Waals surface area (Å²) in [6, 6.07) is 20.1. The van der Waals surface area contributed by atoms with E-state index in [-0.39, 0.29) is 17.3 Å². The summed E-state index contributed by atoms with van der Waals surface area (Å²) in [4.78, 5) is 29.0. The van der Waals surface area contributed by atoms with E-state index in [1.165, 1.54) is 9.21 Å². The first-order chi connectivity index (χ1) is 19.6. The molecule has 0 aliphatic rings. The molecular weight excluding hydrogens is 558 g/mol. The van der Waals surface area contributed by atoms with Crippen LogP contribution >= 0.6 is 11.6 Å². The fourth-order valence-corrected chi connectivity index (χ4v) is 6.19. The standard InChI is InChI=1S/C32H40ClN3O4S/c1-5-8-21-34-32(38)29(7-3)35(22-25-15-17-27(33)18-16-25)31(37)23-36(30-12-10-9-11-26(30)6-2)41(39,40)28-19-13-24(4)14-20-28/h9-20,29H,5-8,21-23H2,1-4H3,(H,34,38)/t29-/m0/s1. The lowest BCUT2D eigenvalue weighted by molar-refractivity contribution is -0.140. The minimum Gasteiger partial charge on any atom is -0.354 e. The molecule has 3 aromatic carbocycles.